The summed E-state index contributed by atoms with van der Waals surface area (Å²) in [5.74, 6) is -2.57. The summed E-state index contributed by atoms with van der Waals surface area (Å²) < 4.78 is 27.0. The van der Waals surface area contributed by atoms with Gasteiger partial charge in [-0.2, -0.15) is 0 Å². The van der Waals surface area contributed by atoms with Gasteiger partial charge in [0.15, 0.2) is 11.6 Å². The van der Waals surface area contributed by atoms with E-state index in [-0.39, 0.29) is 13.0 Å². The molecule has 0 saturated carbocycles. The van der Waals surface area contributed by atoms with Crippen molar-refractivity contribution in [3.05, 3.63) is 81.8 Å². The van der Waals surface area contributed by atoms with Crippen LogP contribution in [0.5, 0.6) is 0 Å². The lowest BCUT2D eigenvalue weighted by molar-refractivity contribution is -0.123. The van der Waals surface area contributed by atoms with E-state index in [1.165, 1.54) is 6.07 Å². The zero-order chi connectivity index (χ0) is 23.4. The molecule has 7 nitrogen and oxygen atoms in total. The first-order chi connectivity index (χ1) is 15.1. The zero-order valence-electron chi connectivity index (χ0n) is 18.1. The molecule has 0 fully saturated rings. The van der Waals surface area contributed by atoms with Gasteiger partial charge in [-0.1, -0.05) is 12.1 Å². The van der Waals surface area contributed by atoms with Crippen LogP contribution in [0.1, 0.15) is 38.6 Å². The molecule has 0 aliphatic carbocycles. The molecule has 5 N–H and O–H groups in total. The maximum Gasteiger partial charge on any atom is 0.268 e. The maximum absolute atomic E-state index is 13.7. The number of anilines is 1. The van der Waals surface area contributed by atoms with Gasteiger partial charge in [0.25, 0.3) is 5.91 Å². The van der Waals surface area contributed by atoms with E-state index in [0.29, 0.717) is 22.8 Å². The summed E-state index contributed by atoms with van der Waals surface area (Å²) >= 11 is 0. The summed E-state index contributed by atoms with van der Waals surface area (Å²) in [6.45, 7) is 5.54. The molecule has 0 radical (unpaired) electrons. The molecule has 2 heterocycles. The number of nitrogens with one attached hydrogen (secondary N) is 3. The van der Waals surface area contributed by atoms with E-state index >= 15 is 0 Å². The Labute approximate surface area is 184 Å². The van der Waals surface area contributed by atoms with Crippen LogP contribution < -0.4 is 16.4 Å². The van der Waals surface area contributed by atoms with E-state index in [1.807, 2.05) is 13.0 Å². The third-order valence-corrected chi connectivity index (χ3v) is 5.09. The van der Waals surface area contributed by atoms with Gasteiger partial charge >= 0.3 is 0 Å². The Bertz CT molecular complexity index is 1160. The molecular formula is C23H25F2N5O2. The average Bonchev–Trinajstić information content (AvgIpc) is 3.07. The number of halogens is 2. The maximum atomic E-state index is 13.7. The molecule has 0 bridgehead atoms. The molecule has 0 aliphatic heterocycles. The number of amides is 2. The Hall–Kier alpha value is -3.75. The number of pyridine rings is 1. The van der Waals surface area contributed by atoms with E-state index in [9.17, 15) is 18.4 Å². The lowest BCUT2D eigenvalue weighted by Gasteiger charge is -2.19. The number of nitrogens with zero attached hydrogens (tertiary/aromatic N) is 1. The normalized spacial score (nSPS) is 11.8. The molecule has 2 amide bonds. The second-order valence-electron chi connectivity index (χ2n) is 7.69. The van der Waals surface area contributed by atoms with Crippen LogP contribution >= 0.6 is 0 Å². The minimum atomic E-state index is -1.02. The lowest BCUT2D eigenvalue weighted by atomic mass is 10.0. The third kappa shape index (κ3) is 5.48. The largest absolute Gasteiger partial charge is 0.384 e. The second-order valence-corrected chi connectivity index (χ2v) is 7.69. The van der Waals surface area contributed by atoms with Gasteiger partial charge in [-0.3, -0.25) is 9.59 Å². The Morgan fingerprint density at radius 1 is 1.09 bits per heavy atom. The van der Waals surface area contributed by atoms with Crippen molar-refractivity contribution in [2.45, 2.75) is 39.8 Å². The van der Waals surface area contributed by atoms with Crippen LogP contribution in [-0.4, -0.2) is 27.8 Å². The molecule has 1 atom stereocenters. The van der Waals surface area contributed by atoms with Crippen LogP contribution in [0.3, 0.4) is 0 Å². The molecule has 9 heteroatoms. The molecule has 2 aromatic heterocycles. The predicted octanol–water partition coefficient (Wildman–Crippen LogP) is 2.85. The van der Waals surface area contributed by atoms with Crippen LogP contribution in [0, 0.1) is 32.4 Å². The molecule has 1 aromatic carbocycles. The fraction of sp³-hybridized carbons (Fsp3) is 0.261. The number of benzene rings is 1. The Morgan fingerprint density at radius 3 is 2.47 bits per heavy atom. The van der Waals surface area contributed by atoms with Crippen molar-refractivity contribution in [3.63, 3.8) is 0 Å². The molecule has 32 heavy (non-hydrogen) atoms. The van der Waals surface area contributed by atoms with Crippen LogP contribution in [-0.2, 0) is 17.8 Å². The van der Waals surface area contributed by atoms with Gasteiger partial charge in [0.05, 0.1) is 0 Å². The van der Waals surface area contributed by atoms with Gasteiger partial charge in [-0.05, 0) is 61.7 Å². The van der Waals surface area contributed by atoms with Crippen LogP contribution in [0.2, 0.25) is 0 Å². The highest BCUT2D eigenvalue weighted by Crippen LogP contribution is 2.13. The van der Waals surface area contributed by atoms with Gasteiger partial charge in [0.2, 0.25) is 5.91 Å². The van der Waals surface area contributed by atoms with E-state index in [0.717, 1.165) is 29.0 Å². The van der Waals surface area contributed by atoms with Crippen LogP contribution in [0.25, 0.3) is 0 Å². The van der Waals surface area contributed by atoms with Crippen LogP contribution in [0.15, 0.2) is 36.4 Å². The molecule has 3 rings (SSSR count). The van der Waals surface area contributed by atoms with Crippen molar-refractivity contribution >= 4 is 17.6 Å². The quantitative estimate of drug-likeness (QED) is 0.452. The highest BCUT2D eigenvalue weighted by atomic mass is 19.2. The monoisotopic (exact) mass is 441 g/mol. The Kier molecular flexibility index (Phi) is 6.87. The van der Waals surface area contributed by atoms with Crippen molar-refractivity contribution in [2.75, 3.05) is 5.73 Å². The summed E-state index contributed by atoms with van der Waals surface area (Å²) in [7, 11) is 0. The SMILES string of the molecule is Cc1cc(C)c(C(=O)N[C@@H](Cc2ccc(F)c(F)c2)C(=O)NCc2ccc(N)nc2C)[nH]1. The fourth-order valence-electron chi connectivity index (χ4n) is 3.41. The van der Waals surface area contributed by atoms with Gasteiger partial charge in [0, 0.05) is 24.4 Å². The highest BCUT2D eigenvalue weighted by molar-refractivity contribution is 5.97. The van der Waals surface area contributed by atoms with Gasteiger partial charge in [0.1, 0.15) is 17.6 Å². The third-order valence-electron chi connectivity index (χ3n) is 5.09. The number of aromatic nitrogens is 2. The highest BCUT2D eigenvalue weighted by Gasteiger charge is 2.24. The minimum Gasteiger partial charge on any atom is -0.384 e. The smallest absolute Gasteiger partial charge is 0.268 e. The zero-order valence-corrected chi connectivity index (χ0v) is 18.1. The minimum absolute atomic E-state index is 0.0213. The van der Waals surface area contributed by atoms with Gasteiger partial charge < -0.3 is 21.4 Å². The van der Waals surface area contributed by atoms with Gasteiger partial charge in [-0.25, -0.2) is 13.8 Å². The molecule has 0 aliphatic rings. The summed E-state index contributed by atoms with van der Waals surface area (Å²) in [4.78, 5) is 32.9. The van der Waals surface area contributed by atoms with E-state index in [1.54, 1.807) is 26.0 Å². The van der Waals surface area contributed by atoms with Crippen molar-refractivity contribution in [3.8, 4) is 0 Å². The molecular weight excluding hydrogens is 416 g/mol. The summed E-state index contributed by atoms with van der Waals surface area (Å²) in [6, 6.07) is 7.57. The number of nitrogens with two attached hydrogens (primary N) is 1. The number of aromatic amines is 1. The van der Waals surface area contributed by atoms with Crippen molar-refractivity contribution in [2.24, 2.45) is 0 Å². The molecule has 3 aromatic rings. The molecule has 0 saturated heterocycles. The van der Waals surface area contributed by atoms with Crippen molar-refractivity contribution in [1.82, 2.24) is 20.6 Å². The first kappa shape index (κ1) is 22.9. The number of rotatable bonds is 7. The van der Waals surface area contributed by atoms with Gasteiger partial charge in [-0.15, -0.1) is 0 Å². The average molecular weight is 441 g/mol. The number of carbonyl (C=O) groups excluding carboxylic acids is 2. The number of nitrogen functional groups attached to an aromatic ring is 1. The summed E-state index contributed by atoms with van der Waals surface area (Å²) in [6.07, 6.45) is -0.0213. The van der Waals surface area contributed by atoms with E-state index < -0.39 is 29.5 Å². The number of hydrogen-bond donors (Lipinski definition) is 4. The first-order valence-corrected chi connectivity index (χ1v) is 10.0. The van der Waals surface area contributed by atoms with E-state index in [2.05, 4.69) is 20.6 Å². The summed E-state index contributed by atoms with van der Waals surface area (Å²) in [5.41, 5.74) is 9.34. The number of carbonyl (C=O) groups is 2. The standard InChI is InChI=1S/C23H25F2N5O2/c1-12-8-13(2)28-21(12)23(32)30-19(10-15-4-6-17(24)18(25)9-15)22(31)27-11-16-5-7-20(26)29-14(16)3/h4-9,19,28H,10-11H2,1-3H3,(H2,26,29)(H,27,31)(H,30,32)/t19-/m0/s1. The number of aryl methyl sites for hydroxylation is 3. The van der Waals surface area contributed by atoms with Crippen LogP contribution in [0.4, 0.5) is 14.6 Å². The van der Waals surface area contributed by atoms with E-state index in [4.69, 9.17) is 5.73 Å². The number of H-pyrrole nitrogens is 1. The molecule has 0 spiro atoms. The predicted molar refractivity (Wildman–Crippen MR) is 117 cm³/mol. The van der Waals surface area contributed by atoms with Crippen molar-refractivity contribution in [1.29, 1.82) is 0 Å². The van der Waals surface area contributed by atoms with Crippen molar-refractivity contribution < 1.29 is 18.4 Å². The fourth-order valence-corrected chi connectivity index (χ4v) is 3.41. The molecule has 0 unspecified atom stereocenters. The topological polar surface area (TPSA) is 113 Å². The Balaban J connectivity index is 1.79. The Morgan fingerprint density at radius 2 is 1.84 bits per heavy atom. The second kappa shape index (κ2) is 9.59. The number of hydrogen-bond acceptors (Lipinski definition) is 4. The first-order valence-electron chi connectivity index (χ1n) is 10.0. The summed E-state index contributed by atoms with van der Waals surface area (Å²) in [5, 5.41) is 5.47. The molecule has 168 valence electrons. The lowest BCUT2D eigenvalue weighted by Crippen LogP contribution is -2.48.